The summed E-state index contributed by atoms with van der Waals surface area (Å²) in [5.41, 5.74) is 1.40. The molecular formula is C15H10N2O3. The van der Waals surface area contributed by atoms with E-state index in [1.54, 1.807) is 17.1 Å². The van der Waals surface area contributed by atoms with Crippen LogP contribution in [0.1, 0.15) is 5.56 Å². The van der Waals surface area contributed by atoms with E-state index in [1.165, 1.54) is 0 Å². The van der Waals surface area contributed by atoms with Gasteiger partial charge in [-0.3, -0.25) is 9.69 Å². The molecule has 0 aromatic heterocycles. The molecule has 0 unspecified atom stereocenters. The minimum atomic E-state index is -0.242. The van der Waals surface area contributed by atoms with Crippen molar-refractivity contribution in [2.24, 2.45) is 4.99 Å². The second-order valence-corrected chi connectivity index (χ2v) is 4.49. The Morgan fingerprint density at radius 1 is 1.20 bits per heavy atom. The van der Waals surface area contributed by atoms with E-state index in [1.807, 2.05) is 36.6 Å². The first-order valence-corrected chi connectivity index (χ1v) is 6.20. The second-order valence-electron chi connectivity index (χ2n) is 4.49. The van der Waals surface area contributed by atoms with Gasteiger partial charge in [0, 0.05) is 6.20 Å². The quantitative estimate of drug-likeness (QED) is 0.730. The Bertz CT molecular complexity index is 729. The molecule has 0 saturated carbocycles. The monoisotopic (exact) mass is 266 g/mol. The van der Waals surface area contributed by atoms with Crippen LogP contribution in [0.25, 0.3) is 6.08 Å². The van der Waals surface area contributed by atoms with Crippen molar-refractivity contribution in [2.45, 2.75) is 0 Å². The van der Waals surface area contributed by atoms with Gasteiger partial charge in [-0.25, -0.2) is 0 Å². The molecule has 0 saturated heterocycles. The Morgan fingerprint density at radius 2 is 2.10 bits per heavy atom. The number of hydrogen-bond acceptors (Lipinski definition) is 4. The van der Waals surface area contributed by atoms with Gasteiger partial charge in [0.05, 0.1) is 0 Å². The fraction of sp³-hybridized carbons (Fsp3) is 0.0667. The summed E-state index contributed by atoms with van der Waals surface area (Å²) < 4.78 is 10.6. The van der Waals surface area contributed by atoms with Gasteiger partial charge in [-0.1, -0.05) is 12.1 Å². The van der Waals surface area contributed by atoms with E-state index in [9.17, 15) is 4.79 Å². The molecule has 98 valence electrons. The van der Waals surface area contributed by atoms with Crippen LogP contribution in [0.3, 0.4) is 0 Å². The lowest BCUT2D eigenvalue weighted by atomic mass is 10.1. The van der Waals surface area contributed by atoms with Gasteiger partial charge in [0.1, 0.15) is 11.5 Å². The van der Waals surface area contributed by atoms with Gasteiger partial charge in [0.25, 0.3) is 5.91 Å². The summed E-state index contributed by atoms with van der Waals surface area (Å²) in [6.45, 7) is 0.237. The summed E-state index contributed by atoms with van der Waals surface area (Å²) in [7, 11) is 0. The number of amides is 1. The van der Waals surface area contributed by atoms with Crippen molar-refractivity contribution in [2.75, 3.05) is 6.79 Å². The Kier molecular flexibility index (Phi) is 2.26. The van der Waals surface area contributed by atoms with E-state index in [2.05, 4.69) is 4.99 Å². The highest BCUT2D eigenvalue weighted by Gasteiger charge is 2.27. The number of benzene rings is 1. The van der Waals surface area contributed by atoms with Crippen LogP contribution in [0.2, 0.25) is 0 Å². The summed E-state index contributed by atoms with van der Waals surface area (Å²) in [5.74, 6) is 1.82. The maximum Gasteiger partial charge on any atom is 0.295 e. The number of ether oxygens (including phenoxy) is 2. The number of rotatable bonds is 1. The number of amidine groups is 1. The van der Waals surface area contributed by atoms with Crippen LogP contribution in [-0.2, 0) is 4.79 Å². The van der Waals surface area contributed by atoms with Gasteiger partial charge in [-0.2, -0.15) is 4.99 Å². The first-order valence-electron chi connectivity index (χ1n) is 6.20. The lowest BCUT2D eigenvalue weighted by molar-refractivity contribution is -0.114. The number of allylic oxidation sites excluding steroid dienone is 2. The average molecular weight is 266 g/mol. The van der Waals surface area contributed by atoms with E-state index in [4.69, 9.17) is 9.47 Å². The molecule has 4 rings (SSSR count). The fourth-order valence-electron chi connectivity index (χ4n) is 2.29. The van der Waals surface area contributed by atoms with E-state index >= 15 is 0 Å². The molecule has 0 fully saturated rings. The van der Waals surface area contributed by atoms with Gasteiger partial charge < -0.3 is 9.47 Å². The van der Waals surface area contributed by atoms with E-state index < -0.39 is 0 Å². The van der Waals surface area contributed by atoms with Gasteiger partial charge in [0.2, 0.25) is 6.79 Å². The van der Waals surface area contributed by atoms with Crippen molar-refractivity contribution in [3.63, 3.8) is 0 Å². The second kappa shape index (κ2) is 4.09. The first-order chi connectivity index (χ1) is 9.81. The summed E-state index contributed by atoms with van der Waals surface area (Å²) >= 11 is 0. The van der Waals surface area contributed by atoms with E-state index in [0.29, 0.717) is 17.3 Å². The topological polar surface area (TPSA) is 51.1 Å². The van der Waals surface area contributed by atoms with Crippen LogP contribution in [0.4, 0.5) is 0 Å². The third kappa shape index (κ3) is 1.64. The number of aliphatic imine (C=N–C) groups is 1. The van der Waals surface area contributed by atoms with Gasteiger partial charge in [0.15, 0.2) is 11.5 Å². The summed E-state index contributed by atoms with van der Waals surface area (Å²) in [6.07, 6.45) is 9.14. The number of carbonyl (C=O) groups excluding carboxylic acids is 1. The van der Waals surface area contributed by atoms with Crippen molar-refractivity contribution in [1.82, 2.24) is 4.90 Å². The summed E-state index contributed by atoms with van der Waals surface area (Å²) in [6, 6.07) is 5.57. The number of carbonyl (C=O) groups is 1. The molecule has 0 spiro atoms. The standard InChI is InChI=1S/C15H10N2O3/c18-15-11(17-6-2-1-3-14(17)16-15)7-10-4-5-12-13(8-10)20-9-19-12/h1-8H,9H2. The van der Waals surface area contributed by atoms with Crippen LogP contribution in [0.5, 0.6) is 11.5 Å². The lowest BCUT2D eigenvalue weighted by Gasteiger charge is -2.16. The van der Waals surface area contributed by atoms with Crippen molar-refractivity contribution in [3.05, 3.63) is 53.9 Å². The molecule has 1 aromatic carbocycles. The molecule has 3 heterocycles. The van der Waals surface area contributed by atoms with Crippen molar-refractivity contribution in [1.29, 1.82) is 0 Å². The SMILES string of the molecule is O=C1N=C2C=CC=CN2C1=Cc1ccc2c(c1)OCO2. The number of fused-ring (bicyclic) bond motifs is 2. The molecule has 20 heavy (non-hydrogen) atoms. The highest BCUT2D eigenvalue weighted by atomic mass is 16.7. The molecule has 3 aliphatic rings. The highest BCUT2D eigenvalue weighted by molar-refractivity contribution is 6.17. The molecule has 0 N–H and O–H groups in total. The summed E-state index contributed by atoms with van der Waals surface area (Å²) in [4.78, 5) is 17.7. The minimum absolute atomic E-state index is 0.237. The van der Waals surface area contributed by atoms with Gasteiger partial charge >= 0.3 is 0 Å². The average Bonchev–Trinajstić information content (AvgIpc) is 3.04. The van der Waals surface area contributed by atoms with Crippen LogP contribution in [0, 0.1) is 0 Å². The predicted octanol–water partition coefficient (Wildman–Crippen LogP) is 2.08. The van der Waals surface area contributed by atoms with Crippen LogP contribution in [0.15, 0.2) is 53.3 Å². The number of nitrogens with zero attached hydrogens (tertiary/aromatic N) is 2. The zero-order valence-corrected chi connectivity index (χ0v) is 10.4. The Labute approximate surface area is 115 Å². The molecule has 0 bridgehead atoms. The largest absolute Gasteiger partial charge is 0.454 e. The van der Waals surface area contributed by atoms with Gasteiger partial charge in [-0.05, 0) is 35.9 Å². The van der Waals surface area contributed by atoms with Crippen LogP contribution < -0.4 is 9.47 Å². The molecular weight excluding hydrogens is 256 g/mol. The maximum atomic E-state index is 12.0. The molecule has 5 nitrogen and oxygen atoms in total. The first kappa shape index (κ1) is 11.0. The van der Waals surface area contributed by atoms with Crippen molar-refractivity contribution < 1.29 is 14.3 Å². The Morgan fingerprint density at radius 3 is 3.05 bits per heavy atom. The Hall–Kier alpha value is -2.82. The maximum absolute atomic E-state index is 12.0. The fourth-order valence-corrected chi connectivity index (χ4v) is 2.29. The predicted molar refractivity (Wildman–Crippen MR) is 73.1 cm³/mol. The third-order valence-electron chi connectivity index (χ3n) is 3.23. The minimum Gasteiger partial charge on any atom is -0.454 e. The zero-order valence-electron chi connectivity index (χ0n) is 10.4. The summed E-state index contributed by atoms with van der Waals surface area (Å²) in [5, 5.41) is 0. The van der Waals surface area contributed by atoms with Crippen LogP contribution >= 0.6 is 0 Å². The van der Waals surface area contributed by atoms with Gasteiger partial charge in [-0.15, -0.1) is 0 Å². The lowest BCUT2D eigenvalue weighted by Crippen LogP contribution is -2.20. The molecule has 1 aromatic rings. The third-order valence-corrected chi connectivity index (χ3v) is 3.23. The van der Waals surface area contributed by atoms with E-state index in [-0.39, 0.29) is 12.7 Å². The Balaban J connectivity index is 1.72. The normalized spacial score (nSPS) is 20.6. The highest BCUT2D eigenvalue weighted by Crippen LogP contribution is 2.33. The molecule has 0 atom stereocenters. The zero-order chi connectivity index (χ0) is 13.5. The van der Waals surface area contributed by atoms with Crippen molar-refractivity contribution in [3.8, 4) is 11.5 Å². The molecule has 5 heteroatoms. The molecule has 0 radical (unpaired) electrons. The van der Waals surface area contributed by atoms with Crippen LogP contribution in [-0.4, -0.2) is 23.4 Å². The number of hydrogen-bond donors (Lipinski definition) is 0. The molecule has 1 amide bonds. The van der Waals surface area contributed by atoms with E-state index in [0.717, 1.165) is 11.3 Å². The smallest absolute Gasteiger partial charge is 0.295 e. The van der Waals surface area contributed by atoms with Crippen molar-refractivity contribution >= 4 is 17.8 Å². The molecule has 3 aliphatic heterocycles. The molecule has 0 aliphatic carbocycles.